The minimum Gasteiger partial charge on any atom is -0.493 e. The molecule has 0 unspecified atom stereocenters. The van der Waals surface area contributed by atoms with Crippen LogP contribution in [-0.4, -0.2) is 33.1 Å². The highest BCUT2D eigenvalue weighted by Gasteiger charge is 2.36. The zero-order chi connectivity index (χ0) is 22.0. The number of anilines is 1. The van der Waals surface area contributed by atoms with Crippen LogP contribution in [0.1, 0.15) is 31.8 Å². The van der Waals surface area contributed by atoms with E-state index in [-0.39, 0.29) is 11.8 Å². The summed E-state index contributed by atoms with van der Waals surface area (Å²) in [6.45, 7) is 0. The summed E-state index contributed by atoms with van der Waals surface area (Å²) in [6, 6.07) is 18.3. The number of carbonyl (C=O) groups excluding carboxylic acids is 2. The third-order valence-corrected chi connectivity index (χ3v) is 5.42. The van der Waals surface area contributed by atoms with Gasteiger partial charge in [0.2, 0.25) is 5.75 Å². The van der Waals surface area contributed by atoms with Gasteiger partial charge in [-0.1, -0.05) is 24.3 Å². The molecular formula is C25H23NO5. The fraction of sp³-hybridized carbons (Fsp3) is 0.200. The van der Waals surface area contributed by atoms with Gasteiger partial charge in [0.15, 0.2) is 11.5 Å². The maximum Gasteiger partial charge on any atom is 0.266 e. The number of carbonyl (C=O) groups is 2. The molecule has 0 aromatic heterocycles. The van der Waals surface area contributed by atoms with E-state index in [0.29, 0.717) is 34.1 Å². The maximum absolute atomic E-state index is 12.6. The third-order valence-electron chi connectivity index (χ3n) is 5.42. The molecule has 158 valence electrons. The maximum atomic E-state index is 12.6. The van der Waals surface area contributed by atoms with Crippen molar-refractivity contribution in [2.75, 3.05) is 26.2 Å². The Balaban J connectivity index is 1.49. The molecule has 3 aromatic carbocycles. The summed E-state index contributed by atoms with van der Waals surface area (Å²) < 4.78 is 16.2. The van der Waals surface area contributed by atoms with Crippen LogP contribution in [0, 0.1) is 0 Å². The van der Waals surface area contributed by atoms with E-state index >= 15 is 0 Å². The van der Waals surface area contributed by atoms with Crippen LogP contribution in [0.5, 0.6) is 17.2 Å². The standard InChI is InChI=1S/C25H23NO5/c1-29-21-14-17(15-22(30-2)23(21)31-3)9-8-16-10-12-18(13-11-16)26-24(27)19-6-4-5-7-20(19)25(26)28/h4-7,10-15H,8-9H2,1-3H3. The van der Waals surface area contributed by atoms with E-state index in [0.717, 1.165) is 24.0 Å². The molecule has 0 saturated heterocycles. The fourth-order valence-corrected chi connectivity index (χ4v) is 3.80. The number of benzene rings is 3. The van der Waals surface area contributed by atoms with Gasteiger partial charge >= 0.3 is 0 Å². The second-order valence-electron chi connectivity index (χ2n) is 7.19. The lowest BCUT2D eigenvalue weighted by Gasteiger charge is -2.15. The zero-order valence-corrected chi connectivity index (χ0v) is 17.7. The van der Waals surface area contributed by atoms with E-state index in [4.69, 9.17) is 14.2 Å². The fourth-order valence-electron chi connectivity index (χ4n) is 3.80. The average Bonchev–Trinajstić information content (AvgIpc) is 3.07. The molecule has 1 heterocycles. The number of methoxy groups -OCH3 is 3. The lowest BCUT2D eigenvalue weighted by Crippen LogP contribution is -2.29. The first-order valence-corrected chi connectivity index (χ1v) is 9.93. The first-order chi connectivity index (χ1) is 15.1. The van der Waals surface area contributed by atoms with Crippen molar-refractivity contribution in [1.29, 1.82) is 0 Å². The van der Waals surface area contributed by atoms with E-state index in [1.165, 1.54) is 4.90 Å². The van der Waals surface area contributed by atoms with Gasteiger partial charge in [-0.2, -0.15) is 0 Å². The molecule has 0 saturated carbocycles. The van der Waals surface area contributed by atoms with Crippen molar-refractivity contribution in [2.24, 2.45) is 0 Å². The first-order valence-electron chi connectivity index (χ1n) is 9.93. The van der Waals surface area contributed by atoms with Crippen molar-refractivity contribution in [3.63, 3.8) is 0 Å². The van der Waals surface area contributed by atoms with E-state index < -0.39 is 0 Å². The molecule has 0 atom stereocenters. The summed E-state index contributed by atoms with van der Waals surface area (Å²) in [4.78, 5) is 26.5. The molecule has 0 fully saturated rings. The molecule has 6 heteroatoms. The summed E-state index contributed by atoms with van der Waals surface area (Å²) in [7, 11) is 4.77. The van der Waals surface area contributed by atoms with Crippen LogP contribution in [0.4, 0.5) is 5.69 Å². The Bertz CT molecular complexity index is 1080. The number of amides is 2. The van der Waals surface area contributed by atoms with Crippen molar-refractivity contribution in [3.8, 4) is 17.2 Å². The van der Waals surface area contributed by atoms with Crippen LogP contribution in [0.2, 0.25) is 0 Å². The molecule has 4 rings (SSSR count). The number of hydrogen-bond acceptors (Lipinski definition) is 5. The van der Waals surface area contributed by atoms with Gasteiger partial charge in [0, 0.05) is 0 Å². The van der Waals surface area contributed by atoms with Gasteiger partial charge in [-0.05, 0) is 60.4 Å². The predicted octanol–water partition coefficient (Wildman–Crippen LogP) is 4.30. The first kappa shape index (κ1) is 20.5. The minimum absolute atomic E-state index is 0.286. The Hall–Kier alpha value is -3.80. The van der Waals surface area contributed by atoms with Gasteiger partial charge in [-0.15, -0.1) is 0 Å². The number of hydrogen-bond donors (Lipinski definition) is 0. The van der Waals surface area contributed by atoms with E-state index in [2.05, 4.69) is 0 Å². The van der Waals surface area contributed by atoms with Gasteiger partial charge in [0.05, 0.1) is 38.1 Å². The van der Waals surface area contributed by atoms with Gasteiger partial charge in [-0.3, -0.25) is 9.59 Å². The number of fused-ring (bicyclic) bond motifs is 1. The summed E-state index contributed by atoms with van der Waals surface area (Å²) in [6.07, 6.45) is 1.55. The summed E-state index contributed by atoms with van der Waals surface area (Å²) >= 11 is 0. The number of aryl methyl sites for hydroxylation is 2. The second kappa shape index (κ2) is 8.52. The normalized spacial score (nSPS) is 12.7. The SMILES string of the molecule is COc1cc(CCc2ccc(N3C(=O)c4ccccc4C3=O)cc2)cc(OC)c1OC. The number of rotatable bonds is 7. The minimum atomic E-state index is -0.286. The van der Waals surface area contributed by atoms with Crippen molar-refractivity contribution in [3.05, 3.63) is 82.9 Å². The number of imide groups is 1. The third kappa shape index (κ3) is 3.72. The van der Waals surface area contributed by atoms with Crippen molar-refractivity contribution >= 4 is 17.5 Å². The van der Waals surface area contributed by atoms with E-state index in [1.807, 2.05) is 36.4 Å². The topological polar surface area (TPSA) is 65.1 Å². The van der Waals surface area contributed by atoms with Crippen LogP contribution in [0.3, 0.4) is 0 Å². The Kier molecular flexibility index (Phi) is 5.62. The van der Waals surface area contributed by atoms with Crippen LogP contribution >= 0.6 is 0 Å². The Morgan fingerprint density at radius 1 is 0.677 bits per heavy atom. The lowest BCUT2D eigenvalue weighted by molar-refractivity contribution is 0.0926. The Morgan fingerprint density at radius 2 is 1.19 bits per heavy atom. The molecule has 6 nitrogen and oxygen atoms in total. The summed E-state index contributed by atoms with van der Waals surface area (Å²) in [5.74, 6) is 1.24. The quantitative estimate of drug-likeness (QED) is 0.537. The summed E-state index contributed by atoms with van der Waals surface area (Å²) in [5.41, 5.74) is 3.61. The molecule has 2 amide bonds. The van der Waals surface area contributed by atoms with Crippen molar-refractivity contribution in [2.45, 2.75) is 12.8 Å². The van der Waals surface area contributed by atoms with Gasteiger partial charge < -0.3 is 14.2 Å². The van der Waals surface area contributed by atoms with Crippen LogP contribution in [0.15, 0.2) is 60.7 Å². The molecular weight excluding hydrogens is 394 g/mol. The lowest BCUT2D eigenvalue weighted by atomic mass is 10.0. The average molecular weight is 417 g/mol. The van der Waals surface area contributed by atoms with Crippen LogP contribution in [-0.2, 0) is 12.8 Å². The monoisotopic (exact) mass is 417 g/mol. The second-order valence-corrected chi connectivity index (χ2v) is 7.19. The molecule has 1 aliphatic rings. The molecule has 31 heavy (non-hydrogen) atoms. The Morgan fingerprint density at radius 3 is 1.68 bits per heavy atom. The molecule has 0 N–H and O–H groups in total. The predicted molar refractivity (Wildman–Crippen MR) is 118 cm³/mol. The smallest absolute Gasteiger partial charge is 0.266 e. The highest BCUT2D eigenvalue weighted by atomic mass is 16.5. The van der Waals surface area contributed by atoms with E-state index in [1.54, 1.807) is 45.6 Å². The Labute approximate surface area is 181 Å². The van der Waals surface area contributed by atoms with Crippen molar-refractivity contribution in [1.82, 2.24) is 0 Å². The van der Waals surface area contributed by atoms with Gasteiger partial charge in [0.25, 0.3) is 11.8 Å². The van der Waals surface area contributed by atoms with Crippen LogP contribution in [0.25, 0.3) is 0 Å². The highest BCUT2D eigenvalue weighted by Crippen LogP contribution is 2.38. The zero-order valence-electron chi connectivity index (χ0n) is 17.7. The molecule has 0 bridgehead atoms. The van der Waals surface area contributed by atoms with Gasteiger partial charge in [-0.25, -0.2) is 4.90 Å². The number of ether oxygens (including phenoxy) is 3. The molecule has 0 aliphatic carbocycles. The van der Waals surface area contributed by atoms with Crippen molar-refractivity contribution < 1.29 is 23.8 Å². The molecule has 3 aromatic rings. The van der Waals surface area contributed by atoms with Gasteiger partial charge in [0.1, 0.15) is 0 Å². The molecule has 1 aliphatic heterocycles. The summed E-state index contributed by atoms with van der Waals surface area (Å²) in [5, 5.41) is 0. The molecule has 0 spiro atoms. The van der Waals surface area contributed by atoms with Crippen LogP contribution < -0.4 is 19.1 Å². The number of nitrogens with zero attached hydrogens (tertiary/aromatic N) is 1. The van der Waals surface area contributed by atoms with E-state index in [9.17, 15) is 9.59 Å². The largest absolute Gasteiger partial charge is 0.493 e. The highest BCUT2D eigenvalue weighted by molar-refractivity contribution is 6.34. The molecule has 0 radical (unpaired) electrons.